The van der Waals surface area contributed by atoms with E-state index in [1.54, 1.807) is 11.8 Å². The molecule has 1 unspecified atom stereocenters. The van der Waals surface area contributed by atoms with Crippen LogP contribution in [0.2, 0.25) is 0 Å². The molecule has 0 fully saturated rings. The fourth-order valence-electron chi connectivity index (χ4n) is 2.03. The molecule has 7 heteroatoms. The molecular formula is C19H34IN3O2S. The monoisotopic (exact) mass is 495 g/mol. The summed E-state index contributed by atoms with van der Waals surface area (Å²) in [6.45, 7) is 12.2. The van der Waals surface area contributed by atoms with Gasteiger partial charge in [-0.1, -0.05) is 12.1 Å². The molecule has 1 aromatic carbocycles. The maximum absolute atomic E-state index is 10.4. The fraction of sp³-hybridized carbons (Fsp3) is 0.632. The highest BCUT2D eigenvalue weighted by atomic mass is 127. The van der Waals surface area contributed by atoms with Crippen molar-refractivity contribution in [3.8, 4) is 5.75 Å². The number of aliphatic hydroxyl groups excluding tert-OH is 1. The van der Waals surface area contributed by atoms with Gasteiger partial charge in [0, 0.05) is 17.8 Å². The number of thioether (sulfide) groups is 1. The molecule has 0 bridgehead atoms. The van der Waals surface area contributed by atoms with Crippen molar-refractivity contribution >= 4 is 41.7 Å². The number of aliphatic imine (C=N–C) groups is 1. The van der Waals surface area contributed by atoms with Gasteiger partial charge in [0.1, 0.15) is 5.75 Å². The molecule has 0 saturated heterocycles. The molecule has 0 spiro atoms. The van der Waals surface area contributed by atoms with E-state index in [1.165, 1.54) is 0 Å². The van der Waals surface area contributed by atoms with Crippen LogP contribution in [0, 0.1) is 0 Å². The van der Waals surface area contributed by atoms with E-state index < -0.39 is 6.10 Å². The first-order valence-corrected chi connectivity index (χ1v) is 10.0. The van der Waals surface area contributed by atoms with Crippen LogP contribution in [0.3, 0.4) is 0 Å². The van der Waals surface area contributed by atoms with Crippen molar-refractivity contribution in [1.29, 1.82) is 0 Å². The van der Waals surface area contributed by atoms with E-state index in [0.29, 0.717) is 13.1 Å². The Morgan fingerprint density at radius 3 is 2.35 bits per heavy atom. The Hall–Kier alpha value is -0.670. The highest BCUT2D eigenvalue weighted by molar-refractivity contribution is 14.0. The van der Waals surface area contributed by atoms with E-state index in [-0.39, 0.29) is 34.8 Å². The Labute approximate surface area is 179 Å². The zero-order valence-electron chi connectivity index (χ0n) is 16.7. The second-order valence-electron chi connectivity index (χ2n) is 6.79. The minimum absolute atomic E-state index is 0. The molecular weight excluding hydrogens is 461 g/mol. The smallest absolute Gasteiger partial charge is 0.191 e. The Kier molecular flexibility index (Phi) is 12.3. The van der Waals surface area contributed by atoms with Gasteiger partial charge in [0.15, 0.2) is 5.96 Å². The predicted molar refractivity (Wildman–Crippen MR) is 124 cm³/mol. The summed E-state index contributed by atoms with van der Waals surface area (Å²) >= 11 is 1.79. The van der Waals surface area contributed by atoms with E-state index in [0.717, 1.165) is 23.8 Å². The Morgan fingerprint density at radius 1 is 1.23 bits per heavy atom. The maximum Gasteiger partial charge on any atom is 0.191 e. The third-order valence-corrected chi connectivity index (χ3v) is 4.85. The number of hydrogen-bond acceptors (Lipinski definition) is 4. The number of nitrogens with zero attached hydrogens (tertiary/aromatic N) is 1. The van der Waals surface area contributed by atoms with Crippen LogP contribution in [0.4, 0.5) is 0 Å². The molecule has 0 heterocycles. The number of nitrogens with one attached hydrogen (secondary N) is 2. The molecule has 3 N–H and O–H groups in total. The lowest BCUT2D eigenvalue weighted by Gasteiger charge is -2.21. The standard InChI is InChI=1S/C19H33N3O2S.HI/c1-7-20-18(22-13-19(4,5)25-6)21-12-17(23)15-8-10-16(11-9-15)24-14(2)3;/h8-11,14,17,23H,7,12-13H2,1-6H3,(H2,20,21,22);1H. The minimum atomic E-state index is -0.606. The van der Waals surface area contributed by atoms with Gasteiger partial charge in [0.25, 0.3) is 0 Å². The molecule has 0 saturated carbocycles. The molecule has 0 aliphatic rings. The molecule has 0 amide bonds. The van der Waals surface area contributed by atoms with E-state index in [4.69, 9.17) is 4.74 Å². The molecule has 0 aromatic heterocycles. The molecule has 1 rings (SSSR count). The summed E-state index contributed by atoms with van der Waals surface area (Å²) in [7, 11) is 0. The summed E-state index contributed by atoms with van der Waals surface area (Å²) in [5.41, 5.74) is 0.851. The summed E-state index contributed by atoms with van der Waals surface area (Å²) in [6.07, 6.45) is 1.62. The molecule has 5 nitrogen and oxygen atoms in total. The lowest BCUT2D eigenvalue weighted by molar-refractivity contribution is 0.180. The van der Waals surface area contributed by atoms with Crippen LogP contribution in [-0.2, 0) is 0 Å². The average molecular weight is 495 g/mol. The van der Waals surface area contributed by atoms with Gasteiger partial charge >= 0.3 is 0 Å². The Balaban J connectivity index is 0.00000625. The highest BCUT2D eigenvalue weighted by Gasteiger charge is 2.16. The summed E-state index contributed by atoms with van der Waals surface area (Å²) < 4.78 is 5.72. The fourth-order valence-corrected chi connectivity index (χ4v) is 2.22. The van der Waals surface area contributed by atoms with Gasteiger partial charge in [-0.3, -0.25) is 4.99 Å². The van der Waals surface area contributed by atoms with Crippen molar-refractivity contribution in [2.24, 2.45) is 4.99 Å². The number of hydrogen-bond donors (Lipinski definition) is 3. The number of benzene rings is 1. The lowest BCUT2D eigenvalue weighted by atomic mass is 10.1. The van der Waals surface area contributed by atoms with Crippen molar-refractivity contribution in [3.63, 3.8) is 0 Å². The largest absolute Gasteiger partial charge is 0.491 e. The lowest BCUT2D eigenvalue weighted by Crippen LogP contribution is -2.40. The summed E-state index contributed by atoms with van der Waals surface area (Å²) in [5.74, 6) is 1.54. The third kappa shape index (κ3) is 9.87. The van der Waals surface area contributed by atoms with Crippen LogP contribution in [0.1, 0.15) is 46.3 Å². The van der Waals surface area contributed by atoms with Gasteiger partial charge in [-0.25, -0.2) is 0 Å². The topological polar surface area (TPSA) is 65.9 Å². The van der Waals surface area contributed by atoms with Gasteiger partial charge < -0.3 is 20.5 Å². The van der Waals surface area contributed by atoms with Crippen molar-refractivity contribution in [2.75, 3.05) is 25.9 Å². The predicted octanol–water partition coefficient (Wildman–Crippen LogP) is 3.82. The number of ether oxygens (including phenoxy) is 1. The molecule has 0 radical (unpaired) electrons. The first kappa shape index (κ1) is 25.3. The van der Waals surface area contributed by atoms with Crippen LogP contribution in [0.15, 0.2) is 29.3 Å². The highest BCUT2D eigenvalue weighted by Crippen LogP contribution is 2.21. The second-order valence-corrected chi connectivity index (χ2v) is 8.30. The minimum Gasteiger partial charge on any atom is -0.491 e. The van der Waals surface area contributed by atoms with Crippen molar-refractivity contribution < 1.29 is 9.84 Å². The van der Waals surface area contributed by atoms with E-state index in [9.17, 15) is 5.11 Å². The number of rotatable bonds is 9. The molecule has 150 valence electrons. The maximum atomic E-state index is 10.4. The third-order valence-electron chi connectivity index (χ3n) is 3.61. The van der Waals surface area contributed by atoms with Crippen LogP contribution in [0.5, 0.6) is 5.75 Å². The molecule has 1 aromatic rings. The van der Waals surface area contributed by atoms with Gasteiger partial charge in [-0.05, 0) is 58.6 Å². The Bertz CT molecular complexity index is 536. The van der Waals surface area contributed by atoms with Crippen LogP contribution in [-0.4, -0.2) is 47.8 Å². The summed E-state index contributed by atoms with van der Waals surface area (Å²) in [4.78, 5) is 4.61. The first-order valence-electron chi connectivity index (χ1n) is 8.79. The quantitative estimate of drug-likeness (QED) is 0.276. The number of halogens is 1. The van der Waals surface area contributed by atoms with Crippen LogP contribution in [0.25, 0.3) is 0 Å². The van der Waals surface area contributed by atoms with Gasteiger partial charge in [-0.15, -0.1) is 24.0 Å². The first-order chi connectivity index (χ1) is 11.8. The SMILES string of the molecule is CCNC(=NCC(C)(C)SC)NCC(O)c1ccc(OC(C)C)cc1.I. The van der Waals surface area contributed by atoms with Crippen molar-refractivity contribution in [1.82, 2.24) is 10.6 Å². The molecule has 1 atom stereocenters. The van der Waals surface area contributed by atoms with E-state index >= 15 is 0 Å². The normalized spacial score (nSPS) is 13.2. The van der Waals surface area contributed by atoms with Gasteiger partial charge in [0.2, 0.25) is 0 Å². The number of aliphatic hydroxyl groups is 1. The van der Waals surface area contributed by atoms with Gasteiger partial charge in [-0.2, -0.15) is 11.8 Å². The molecule has 0 aliphatic heterocycles. The van der Waals surface area contributed by atoms with Crippen molar-refractivity contribution in [2.45, 2.75) is 51.6 Å². The zero-order chi connectivity index (χ0) is 18.9. The van der Waals surface area contributed by atoms with Crippen molar-refractivity contribution in [3.05, 3.63) is 29.8 Å². The van der Waals surface area contributed by atoms with Crippen LogP contribution >= 0.6 is 35.7 Å². The average Bonchev–Trinajstić information content (AvgIpc) is 2.57. The van der Waals surface area contributed by atoms with E-state index in [2.05, 4.69) is 35.7 Å². The Morgan fingerprint density at radius 2 is 1.85 bits per heavy atom. The van der Waals surface area contributed by atoms with E-state index in [1.807, 2.05) is 45.0 Å². The zero-order valence-corrected chi connectivity index (χ0v) is 19.9. The van der Waals surface area contributed by atoms with Crippen LogP contribution < -0.4 is 15.4 Å². The second kappa shape index (κ2) is 12.7. The number of guanidine groups is 1. The molecule has 26 heavy (non-hydrogen) atoms. The molecule has 0 aliphatic carbocycles. The van der Waals surface area contributed by atoms with Gasteiger partial charge in [0.05, 0.1) is 18.8 Å². The summed E-state index contributed by atoms with van der Waals surface area (Å²) in [6, 6.07) is 7.56. The summed E-state index contributed by atoms with van der Waals surface area (Å²) in [5, 5.41) is 16.8.